The molecule has 0 saturated heterocycles. The Hall–Kier alpha value is -1.81. The molecule has 1 atom stereocenters. The van der Waals surface area contributed by atoms with E-state index in [0.29, 0.717) is 0 Å². The van der Waals surface area contributed by atoms with Gasteiger partial charge in [-0.2, -0.15) is 0 Å². The molecule has 0 fully saturated rings. The molecule has 1 aromatic heterocycles. The van der Waals surface area contributed by atoms with Crippen LogP contribution in [0.15, 0.2) is 30.3 Å². The third-order valence-electron chi connectivity index (χ3n) is 3.61. The molecule has 3 rings (SSSR count). The van der Waals surface area contributed by atoms with E-state index in [2.05, 4.69) is 29.7 Å². The zero-order valence-electron chi connectivity index (χ0n) is 11.7. The van der Waals surface area contributed by atoms with E-state index in [9.17, 15) is 4.79 Å². The van der Waals surface area contributed by atoms with Crippen LogP contribution in [-0.4, -0.2) is 12.5 Å². The fraction of sp³-hybridized carbons (Fsp3) is 0.312. The van der Waals surface area contributed by atoms with Gasteiger partial charge in [-0.15, -0.1) is 11.3 Å². The normalized spacial score (nSPS) is 14.5. The van der Waals surface area contributed by atoms with E-state index in [-0.39, 0.29) is 11.9 Å². The highest BCUT2D eigenvalue weighted by Crippen LogP contribution is 2.25. The van der Waals surface area contributed by atoms with Crippen LogP contribution < -0.4 is 10.6 Å². The van der Waals surface area contributed by atoms with E-state index < -0.39 is 0 Å². The molecule has 1 aromatic carbocycles. The van der Waals surface area contributed by atoms with Gasteiger partial charge in [0.2, 0.25) is 0 Å². The van der Waals surface area contributed by atoms with E-state index in [0.717, 1.165) is 24.2 Å². The molecule has 0 aliphatic carbocycles. The first-order valence-corrected chi connectivity index (χ1v) is 7.69. The lowest BCUT2D eigenvalue weighted by molar-refractivity contribution is 0.0940. The molecule has 3 nitrogen and oxygen atoms in total. The van der Waals surface area contributed by atoms with Crippen LogP contribution in [0.1, 0.15) is 38.6 Å². The number of thiophene rings is 1. The van der Waals surface area contributed by atoms with Gasteiger partial charge in [-0.05, 0) is 56.2 Å². The van der Waals surface area contributed by atoms with Gasteiger partial charge in [-0.1, -0.05) is 0 Å². The first-order chi connectivity index (χ1) is 9.63. The monoisotopic (exact) mass is 286 g/mol. The van der Waals surface area contributed by atoms with Gasteiger partial charge in [-0.3, -0.25) is 4.79 Å². The van der Waals surface area contributed by atoms with Crippen molar-refractivity contribution in [1.82, 2.24) is 5.32 Å². The Morgan fingerprint density at radius 2 is 2.20 bits per heavy atom. The van der Waals surface area contributed by atoms with Gasteiger partial charge in [0.25, 0.3) is 5.91 Å². The average Bonchev–Trinajstić information content (AvgIpc) is 3.05. The minimum absolute atomic E-state index is 0.00162. The molecule has 0 saturated carbocycles. The largest absolute Gasteiger partial charge is 0.384 e. The fourth-order valence-corrected chi connectivity index (χ4v) is 3.36. The van der Waals surface area contributed by atoms with Gasteiger partial charge in [-0.25, -0.2) is 0 Å². The second kappa shape index (κ2) is 5.29. The van der Waals surface area contributed by atoms with E-state index in [4.69, 9.17) is 0 Å². The minimum Gasteiger partial charge on any atom is -0.384 e. The van der Waals surface area contributed by atoms with Crippen molar-refractivity contribution in [2.75, 3.05) is 11.9 Å². The smallest absolute Gasteiger partial charge is 0.251 e. The Balaban J connectivity index is 1.73. The zero-order valence-corrected chi connectivity index (χ0v) is 12.5. The molecule has 2 aromatic rings. The molecule has 20 heavy (non-hydrogen) atoms. The second-order valence-electron chi connectivity index (χ2n) is 5.19. The molecule has 1 aliphatic rings. The quantitative estimate of drug-likeness (QED) is 0.906. The van der Waals surface area contributed by atoms with Crippen molar-refractivity contribution >= 4 is 22.9 Å². The van der Waals surface area contributed by atoms with E-state index >= 15 is 0 Å². The molecule has 1 amide bonds. The van der Waals surface area contributed by atoms with Crippen molar-refractivity contribution in [3.63, 3.8) is 0 Å². The van der Waals surface area contributed by atoms with Crippen LogP contribution in [0.2, 0.25) is 0 Å². The molecule has 104 valence electrons. The maximum absolute atomic E-state index is 12.3. The van der Waals surface area contributed by atoms with Gasteiger partial charge in [0.15, 0.2) is 0 Å². The van der Waals surface area contributed by atoms with Crippen molar-refractivity contribution in [3.05, 3.63) is 51.2 Å². The van der Waals surface area contributed by atoms with Crippen LogP contribution in [-0.2, 0) is 6.42 Å². The summed E-state index contributed by atoms with van der Waals surface area (Å²) >= 11 is 1.73. The molecule has 2 heterocycles. The Kier molecular flexibility index (Phi) is 3.49. The highest BCUT2D eigenvalue weighted by atomic mass is 32.1. The summed E-state index contributed by atoms with van der Waals surface area (Å²) in [5.74, 6) is -0.00162. The Morgan fingerprint density at radius 1 is 1.35 bits per heavy atom. The van der Waals surface area contributed by atoms with Gasteiger partial charge in [0.1, 0.15) is 0 Å². The van der Waals surface area contributed by atoms with Crippen LogP contribution in [0.5, 0.6) is 0 Å². The number of carbonyl (C=O) groups is 1. The van der Waals surface area contributed by atoms with Crippen LogP contribution in [0.25, 0.3) is 0 Å². The molecular weight excluding hydrogens is 268 g/mol. The standard InChI is InChI=1S/C16H18N2OS/c1-10-3-6-15(20-10)11(2)18-16(19)13-4-5-14-12(9-13)7-8-17-14/h3-6,9,11,17H,7-8H2,1-2H3,(H,18,19). The Bertz CT molecular complexity index is 648. The summed E-state index contributed by atoms with van der Waals surface area (Å²) < 4.78 is 0. The van der Waals surface area contributed by atoms with E-state index in [1.165, 1.54) is 15.3 Å². The Labute approximate surface area is 123 Å². The molecule has 4 heteroatoms. The number of fused-ring (bicyclic) bond motifs is 1. The zero-order chi connectivity index (χ0) is 14.1. The maximum Gasteiger partial charge on any atom is 0.251 e. The fourth-order valence-electron chi connectivity index (χ4n) is 2.48. The van der Waals surface area contributed by atoms with E-state index in [1.54, 1.807) is 11.3 Å². The number of carbonyl (C=O) groups excluding carboxylic acids is 1. The van der Waals surface area contributed by atoms with Crippen molar-refractivity contribution in [1.29, 1.82) is 0 Å². The number of hydrogen-bond acceptors (Lipinski definition) is 3. The third-order valence-corrected chi connectivity index (χ3v) is 4.80. The Morgan fingerprint density at radius 3 is 2.95 bits per heavy atom. The predicted octanol–water partition coefficient (Wildman–Crippen LogP) is 3.52. The minimum atomic E-state index is -0.00162. The predicted molar refractivity (Wildman–Crippen MR) is 83.6 cm³/mol. The van der Waals surface area contributed by atoms with E-state index in [1.807, 2.05) is 25.1 Å². The topological polar surface area (TPSA) is 41.1 Å². The molecular formula is C16H18N2OS. The van der Waals surface area contributed by atoms with Crippen molar-refractivity contribution in [2.45, 2.75) is 26.3 Å². The SMILES string of the molecule is Cc1ccc(C(C)NC(=O)c2ccc3c(c2)CCN3)s1. The number of hydrogen-bond donors (Lipinski definition) is 2. The van der Waals surface area contributed by atoms with Gasteiger partial charge in [0, 0.05) is 27.5 Å². The summed E-state index contributed by atoms with van der Waals surface area (Å²) in [5, 5.41) is 6.37. The van der Waals surface area contributed by atoms with Crippen LogP contribution >= 0.6 is 11.3 Å². The first-order valence-electron chi connectivity index (χ1n) is 6.87. The number of amides is 1. The third kappa shape index (κ3) is 2.56. The number of anilines is 1. The number of aryl methyl sites for hydroxylation is 1. The van der Waals surface area contributed by atoms with Gasteiger partial charge < -0.3 is 10.6 Å². The first kappa shape index (κ1) is 13.2. The average molecular weight is 286 g/mol. The number of benzene rings is 1. The summed E-state index contributed by atoms with van der Waals surface area (Å²) in [5.41, 5.74) is 3.13. The van der Waals surface area contributed by atoms with Crippen LogP contribution in [0.4, 0.5) is 5.69 Å². The van der Waals surface area contributed by atoms with Gasteiger partial charge >= 0.3 is 0 Å². The lowest BCUT2D eigenvalue weighted by atomic mass is 10.1. The highest BCUT2D eigenvalue weighted by molar-refractivity contribution is 7.12. The number of rotatable bonds is 3. The summed E-state index contributed by atoms with van der Waals surface area (Å²) in [7, 11) is 0. The van der Waals surface area contributed by atoms with Crippen LogP contribution in [0, 0.1) is 6.92 Å². The second-order valence-corrected chi connectivity index (χ2v) is 6.51. The maximum atomic E-state index is 12.3. The summed E-state index contributed by atoms with van der Waals surface area (Å²) in [6.45, 7) is 5.07. The molecule has 1 unspecified atom stereocenters. The molecule has 1 aliphatic heterocycles. The summed E-state index contributed by atoms with van der Waals surface area (Å²) in [4.78, 5) is 14.8. The lowest BCUT2D eigenvalue weighted by Crippen LogP contribution is -2.26. The lowest BCUT2D eigenvalue weighted by Gasteiger charge is -2.13. The molecule has 2 N–H and O–H groups in total. The highest BCUT2D eigenvalue weighted by Gasteiger charge is 2.16. The summed E-state index contributed by atoms with van der Waals surface area (Å²) in [6.07, 6.45) is 0.996. The number of nitrogens with one attached hydrogen (secondary N) is 2. The van der Waals surface area contributed by atoms with Crippen LogP contribution in [0.3, 0.4) is 0 Å². The summed E-state index contributed by atoms with van der Waals surface area (Å²) in [6, 6.07) is 10.1. The molecule has 0 spiro atoms. The van der Waals surface area contributed by atoms with Crippen molar-refractivity contribution in [3.8, 4) is 0 Å². The van der Waals surface area contributed by atoms with Crippen molar-refractivity contribution < 1.29 is 4.79 Å². The van der Waals surface area contributed by atoms with Crippen molar-refractivity contribution in [2.24, 2.45) is 0 Å². The molecule has 0 radical (unpaired) electrons. The van der Waals surface area contributed by atoms with Gasteiger partial charge in [0.05, 0.1) is 6.04 Å². The molecule has 0 bridgehead atoms.